The van der Waals surface area contributed by atoms with Crippen molar-refractivity contribution in [2.75, 3.05) is 19.0 Å². The quantitative estimate of drug-likeness (QED) is 0.863. The van der Waals surface area contributed by atoms with E-state index in [0.29, 0.717) is 5.69 Å². The van der Waals surface area contributed by atoms with E-state index >= 15 is 0 Å². The molecule has 0 radical (unpaired) electrons. The third-order valence-corrected chi connectivity index (χ3v) is 2.81. The molecule has 1 rings (SSSR count). The number of hydrogen-bond donors (Lipinski definition) is 1. The first-order valence-electron chi connectivity index (χ1n) is 5.44. The molecule has 0 saturated heterocycles. The van der Waals surface area contributed by atoms with Gasteiger partial charge in [0.1, 0.15) is 0 Å². The van der Waals surface area contributed by atoms with E-state index in [1.165, 1.54) is 13.2 Å². The molecule has 0 aliphatic heterocycles. The van der Waals surface area contributed by atoms with Crippen LogP contribution in [0.2, 0.25) is 5.02 Å². The van der Waals surface area contributed by atoms with Crippen molar-refractivity contribution in [3.63, 3.8) is 0 Å². The molecule has 1 aromatic rings. The third kappa shape index (κ3) is 4.31. The fourth-order valence-electron chi connectivity index (χ4n) is 1.38. The average molecular weight is 296 g/mol. The number of benzene rings is 1. The van der Waals surface area contributed by atoms with E-state index in [1.54, 1.807) is 6.92 Å². The maximum atomic E-state index is 12.4. The molecule has 0 aromatic heterocycles. The van der Waals surface area contributed by atoms with Gasteiger partial charge in [0.2, 0.25) is 0 Å². The number of esters is 1. The topological polar surface area (TPSA) is 38.3 Å². The number of rotatable bonds is 4. The molecular weight excluding hydrogens is 283 g/mol. The maximum Gasteiger partial charge on any atom is 0.416 e. The Morgan fingerprint density at radius 2 is 2.11 bits per heavy atom. The smallest absolute Gasteiger partial charge is 0.416 e. The zero-order valence-electron chi connectivity index (χ0n) is 10.3. The van der Waals surface area contributed by atoms with Gasteiger partial charge in [-0.25, -0.2) is 0 Å². The Morgan fingerprint density at radius 1 is 1.47 bits per heavy atom. The standard InChI is InChI=1S/C12H13ClF3NO2/c1-7(11(18)19-2)6-17-10-4-3-8(5-9(10)13)12(14,15)16/h3-5,7,17H,6H2,1-2H3. The summed E-state index contributed by atoms with van der Waals surface area (Å²) in [4.78, 5) is 11.2. The second kappa shape index (κ2) is 6.14. The molecule has 1 aromatic carbocycles. The van der Waals surface area contributed by atoms with Crippen LogP contribution in [0.15, 0.2) is 18.2 Å². The number of methoxy groups -OCH3 is 1. The fraction of sp³-hybridized carbons (Fsp3) is 0.417. The van der Waals surface area contributed by atoms with E-state index in [2.05, 4.69) is 10.1 Å². The van der Waals surface area contributed by atoms with Crippen LogP contribution in [0, 0.1) is 5.92 Å². The van der Waals surface area contributed by atoms with Gasteiger partial charge in [-0.05, 0) is 18.2 Å². The molecule has 7 heteroatoms. The average Bonchev–Trinajstić information content (AvgIpc) is 2.34. The lowest BCUT2D eigenvalue weighted by atomic mass is 10.1. The van der Waals surface area contributed by atoms with Gasteiger partial charge in [0.05, 0.1) is 29.3 Å². The minimum atomic E-state index is -4.43. The molecule has 0 fully saturated rings. The SMILES string of the molecule is COC(=O)C(C)CNc1ccc(C(F)(F)F)cc1Cl. The molecule has 1 atom stereocenters. The van der Waals surface area contributed by atoms with E-state index in [9.17, 15) is 18.0 Å². The van der Waals surface area contributed by atoms with Gasteiger partial charge in [0.15, 0.2) is 0 Å². The molecular formula is C12H13ClF3NO2. The predicted molar refractivity (Wildman–Crippen MR) is 66.1 cm³/mol. The second-order valence-corrected chi connectivity index (χ2v) is 4.40. The predicted octanol–water partition coefficient (Wildman–Crippen LogP) is 3.58. The highest BCUT2D eigenvalue weighted by molar-refractivity contribution is 6.33. The van der Waals surface area contributed by atoms with Gasteiger partial charge < -0.3 is 10.1 Å². The summed E-state index contributed by atoms with van der Waals surface area (Å²) in [6.45, 7) is 1.86. The van der Waals surface area contributed by atoms with Crippen LogP contribution in [0.5, 0.6) is 0 Å². The van der Waals surface area contributed by atoms with Gasteiger partial charge in [-0.3, -0.25) is 4.79 Å². The minimum Gasteiger partial charge on any atom is -0.469 e. The van der Waals surface area contributed by atoms with Crippen LogP contribution in [0.3, 0.4) is 0 Å². The van der Waals surface area contributed by atoms with Crippen molar-refractivity contribution >= 4 is 23.3 Å². The largest absolute Gasteiger partial charge is 0.469 e. The van der Waals surface area contributed by atoms with Crippen molar-refractivity contribution in [2.45, 2.75) is 13.1 Å². The molecule has 0 aliphatic rings. The number of hydrogen-bond acceptors (Lipinski definition) is 3. The summed E-state index contributed by atoms with van der Waals surface area (Å²) >= 11 is 5.75. The number of nitrogens with one attached hydrogen (secondary N) is 1. The number of ether oxygens (including phenoxy) is 1. The van der Waals surface area contributed by atoms with Gasteiger partial charge in [-0.2, -0.15) is 13.2 Å². The van der Waals surface area contributed by atoms with Crippen LogP contribution in [0.4, 0.5) is 18.9 Å². The van der Waals surface area contributed by atoms with E-state index in [0.717, 1.165) is 12.1 Å². The van der Waals surface area contributed by atoms with E-state index in [4.69, 9.17) is 11.6 Å². The van der Waals surface area contributed by atoms with Gasteiger partial charge in [-0.15, -0.1) is 0 Å². The molecule has 19 heavy (non-hydrogen) atoms. The zero-order chi connectivity index (χ0) is 14.6. The van der Waals surface area contributed by atoms with Gasteiger partial charge >= 0.3 is 12.1 Å². The number of alkyl halides is 3. The molecule has 0 bridgehead atoms. The highest BCUT2D eigenvalue weighted by Gasteiger charge is 2.30. The Hall–Kier alpha value is -1.43. The Labute approximate surface area is 113 Å². The van der Waals surface area contributed by atoms with Crippen molar-refractivity contribution in [1.82, 2.24) is 0 Å². The first-order chi connectivity index (χ1) is 8.75. The monoisotopic (exact) mass is 295 g/mol. The summed E-state index contributed by atoms with van der Waals surface area (Å²) in [5.74, 6) is -0.834. The van der Waals surface area contributed by atoms with Crippen LogP contribution in [-0.2, 0) is 15.7 Å². The van der Waals surface area contributed by atoms with Crippen molar-refractivity contribution in [3.05, 3.63) is 28.8 Å². The molecule has 1 N–H and O–H groups in total. The Bertz CT molecular complexity index is 463. The molecule has 0 heterocycles. The van der Waals surface area contributed by atoms with Crippen LogP contribution in [0.1, 0.15) is 12.5 Å². The zero-order valence-corrected chi connectivity index (χ0v) is 11.1. The highest BCUT2D eigenvalue weighted by atomic mass is 35.5. The molecule has 1 unspecified atom stereocenters. The summed E-state index contributed by atoms with van der Waals surface area (Å²) in [5, 5.41) is 2.76. The van der Waals surface area contributed by atoms with Crippen molar-refractivity contribution in [2.24, 2.45) is 5.92 Å². The number of anilines is 1. The van der Waals surface area contributed by atoms with Gasteiger partial charge in [-0.1, -0.05) is 18.5 Å². The molecule has 0 aliphatic carbocycles. The molecule has 0 amide bonds. The molecule has 0 spiro atoms. The minimum absolute atomic E-state index is 0.0492. The lowest BCUT2D eigenvalue weighted by Gasteiger charge is -2.14. The Morgan fingerprint density at radius 3 is 2.58 bits per heavy atom. The highest BCUT2D eigenvalue weighted by Crippen LogP contribution is 2.33. The van der Waals surface area contributed by atoms with Crippen molar-refractivity contribution in [3.8, 4) is 0 Å². The normalized spacial score (nSPS) is 12.9. The molecule has 3 nitrogen and oxygen atoms in total. The first kappa shape index (κ1) is 15.6. The van der Waals surface area contributed by atoms with Gasteiger partial charge in [0.25, 0.3) is 0 Å². The van der Waals surface area contributed by atoms with E-state index in [1.807, 2.05) is 0 Å². The summed E-state index contributed by atoms with van der Waals surface area (Å²) in [7, 11) is 1.27. The van der Waals surface area contributed by atoms with Crippen LogP contribution < -0.4 is 5.32 Å². The van der Waals surface area contributed by atoms with Gasteiger partial charge in [0, 0.05) is 6.54 Å². The Balaban J connectivity index is 2.73. The van der Waals surface area contributed by atoms with E-state index < -0.39 is 23.6 Å². The van der Waals surface area contributed by atoms with Crippen molar-refractivity contribution < 1.29 is 22.7 Å². The number of halogens is 4. The summed E-state index contributed by atoms with van der Waals surface area (Å²) in [6, 6.07) is 3.00. The first-order valence-corrected chi connectivity index (χ1v) is 5.82. The van der Waals surface area contributed by atoms with Crippen LogP contribution in [0.25, 0.3) is 0 Å². The molecule has 0 saturated carbocycles. The third-order valence-electron chi connectivity index (χ3n) is 2.50. The summed E-state index contributed by atoms with van der Waals surface area (Å²) in [5.41, 5.74) is -0.477. The maximum absolute atomic E-state index is 12.4. The number of carbonyl (C=O) groups excluding carboxylic acids is 1. The van der Waals surface area contributed by atoms with Crippen LogP contribution >= 0.6 is 11.6 Å². The lowest BCUT2D eigenvalue weighted by Crippen LogP contribution is -2.21. The lowest BCUT2D eigenvalue weighted by molar-refractivity contribution is -0.144. The fourth-order valence-corrected chi connectivity index (χ4v) is 1.63. The summed E-state index contributed by atoms with van der Waals surface area (Å²) < 4.78 is 41.8. The molecule has 106 valence electrons. The second-order valence-electron chi connectivity index (χ2n) is 4.00. The Kier molecular flexibility index (Phi) is 5.05. The van der Waals surface area contributed by atoms with E-state index in [-0.39, 0.29) is 11.6 Å². The summed E-state index contributed by atoms with van der Waals surface area (Å²) in [6.07, 6.45) is -4.43. The number of carbonyl (C=O) groups is 1. The van der Waals surface area contributed by atoms with Crippen LogP contribution in [-0.4, -0.2) is 19.6 Å². The van der Waals surface area contributed by atoms with Crippen molar-refractivity contribution in [1.29, 1.82) is 0 Å².